The maximum Gasteiger partial charge on any atom is 0.153 e. The van der Waals surface area contributed by atoms with Crippen LogP contribution in [-0.4, -0.2) is 4.98 Å². The van der Waals surface area contributed by atoms with Crippen molar-refractivity contribution in [2.45, 2.75) is 0 Å². The van der Waals surface area contributed by atoms with Gasteiger partial charge in [0.25, 0.3) is 0 Å². The molecule has 3 nitrogen and oxygen atoms in total. The number of aromatic nitrogens is 1. The SMILES string of the molecule is c1ccc(-c2ccc(N(c3cc4c(cn3)oc3ccccc34)c3cc4ccccc4c4c3ccc3ccccc34)cc2)cc1. The summed E-state index contributed by atoms with van der Waals surface area (Å²) < 4.78 is 6.16. The van der Waals surface area contributed by atoms with Gasteiger partial charge in [0.1, 0.15) is 11.4 Å². The van der Waals surface area contributed by atoms with Crippen molar-refractivity contribution in [3.8, 4) is 11.1 Å². The molecule has 0 aliphatic carbocycles. The number of rotatable bonds is 4. The van der Waals surface area contributed by atoms with Crippen LogP contribution in [0.25, 0.3) is 65.4 Å². The van der Waals surface area contributed by atoms with Gasteiger partial charge in [0, 0.05) is 21.8 Å². The fourth-order valence-electron chi connectivity index (χ4n) is 6.61. The summed E-state index contributed by atoms with van der Waals surface area (Å²) in [6.45, 7) is 0. The first kappa shape index (κ1) is 24.6. The molecule has 7 aromatic carbocycles. The predicted molar refractivity (Wildman–Crippen MR) is 184 cm³/mol. The number of nitrogens with zero attached hydrogens (tertiary/aromatic N) is 2. The molecule has 0 radical (unpaired) electrons. The lowest BCUT2D eigenvalue weighted by Gasteiger charge is -2.27. The van der Waals surface area contributed by atoms with Gasteiger partial charge < -0.3 is 4.42 Å². The molecule has 0 spiro atoms. The average molecular weight is 563 g/mol. The number of fused-ring (bicyclic) bond motifs is 8. The van der Waals surface area contributed by atoms with E-state index in [4.69, 9.17) is 9.40 Å². The highest BCUT2D eigenvalue weighted by molar-refractivity contribution is 6.24. The molecule has 44 heavy (non-hydrogen) atoms. The van der Waals surface area contributed by atoms with Crippen molar-refractivity contribution in [3.05, 3.63) is 158 Å². The molecule has 0 atom stereocenters. The third-order valence-corrected chi connectivity index (χ3v) is 8.68. The highest BCUT2D eigenvalue weighted by Gasteiger charge is 2.21. The number of para-hydroxylation sites is 1. The number of pyridine rings is 1. The molecule has 0 amide bonds. The van der Waals surface area contributed by atoms with Gasteiger partial charge in [0.05, 0.1) is 11.9 Å². The molecule has 0 saturated heterocycles. The maximum absolute atomic E-state index is 6.16. The molecule has 2 aromatic heterocycles. The zero-order valence-corrected chi connectivity index (χ0v) is 23.8. The summed E-state index contributed by atoms with van der Waals surface area (Å²) in [6.07, 6.45) is 1.86. The largest absolute Gasteiger partial charge is 0.454 e. The van der Waals surface area contributed by atoms with Crippen molar-refractivity contribution >= 4 is 71.4 Å². The average Bonchev–Trinajstić information content (AvgIpc) is 3.47. The molecular weight excluding hydrogens is 536 g/mol. The van der Waals surface area contributed by atoms with E-state index in [1.54, 1.807) is 0 Å². The Bertz CT molecular complexity index is 2480. The Morgan fingerprint density at radius 2 is 1.11 bits per heavy atom. The van der Waals surface area contributed by atoms with Crippen molar-refractivity contribution in [2.24, 2.45) is 0 Å². The quantitative estimate of drug-likeness (QED) is 0.200. The van der Waals surface area contributed by atoms with Crippen molar-refractivity contribution in [1.82, 2.24) is 4.98 Å². The van der Waals surface area contributed by atoms with Gasteiger partial charge in [-0.25, -0.2) is 4.98 Å². The zero-order chi connectivity index (χ0) is 29.0. The first-order chi connectivity index (χ1) is 21.8. The third kappa shape index (κ3) is 3.87. The van der Waals surface area contributed by atoms with Crippen molar-refractivity contribution < 1.29 is 4.42 Å². The van der Waals surface area contributed by atoms with Crippen LogP contribution in [0.3, 0.4) is 0 Å². The lowest BCUT2D eigenvalue weighted by molar-refractivity contribution is 0.667. The minimum Gasteiger partial charge on any atom is -0.454 e. The molecule has 3 heteroatoms. The van der Waals surface area contributed by atoms with E-state index in [1.165, 1.54) is 43.4 Å². The van der Waals surface area contributed by atoms with E-state index in [9.17, 15) is 0 Å². The molecule has 9 rings (SSSR count). The summed E-state index contributed by atoms with van der Waals surface area (Å²) in [4.78, 5) is 7.31. The Kier molecular flexibility index (Phi) is 5.50. The van der Waals surface area contributed by atoms with Gasteiger partial charge in [0.15, 0.2) is 5.58 Å². The number of hydrogen-bond acceptors (Lipinski definition) is 3. The van der Waals surface area contributed by atoms with E-state index in [2.05, 4.69) is 144 Å². The van der Waals surface area contributed by atoms with Crippen LogP contribution in [0.1, 0.15) is 0 Å². The fourth-order valence-corrected chi connectivity index (χ4v) is 6.61. The van der Waals surface area contributed by atoms with E-state index in [-0.39, 0.29) is 0 Å². The number of benzene rings is 7. The van der Waals surface area contributed by atoms with Crippen LogP contribution in [0, 0.1) is 0 Å². The Labute approximate surface area is 254 Å². The van der Waals surface area contributed by atoms with E-state index in [0.29, 0.717) is 0 Å². The highest BCUT2D eigenvalue weighted by Crippen LogP contribution is 2.44. The molecule has 0 aliphatic rings. The molecule has 206 valence electrons. The molecule has 2 heterocycles. The first-order valence-electron chi connectivity index (χ1n) is 14.9. The van der Waals surface area contributed by atoms with Crippen molar-refractivity contribution in [1.29, 1.82) is 0 Å². The van der Waals surface area contributed by atoms with Crippen molar-refractivity contribution in [2.75, 3.05) is 4.90 Å². The van der Waals surface area contributed by atoms with E-state index >= 15 is 0 Å². The second kappa shape index (κ2) is 9.82. The molecule has 0 saturated carbocycles. The molecule has 0 N–H and O–H groups in total. The van der Waals surface area contributed by atoms with Crippen LogP contribution in [0.4, 0.5) is 17.2 Å². The summed E-state index contributed by atoms with van der Waals surface area (Å²) >= 11 is 0. The van der Waals surface area contributed by atoms with E-state index in [1.807, 2.05) is 18.3 Å². The topological polar surface area (TPSA) is 29.3 Å². The molecular formula is C41H26N2O. The summed E-state index contributed by atoms with van der Waals surface area (Å²) in [5, 5.41) is 9.45. The summed E-state index contributed by atoms with van der Waals surface area (Å²) in [6, 6.07) is 53.8. The molecule has 0 aliphatic heterocycles. The Hall–Kier alpha value is -5.93. The van der Waals surface area contributed by atoms with Gasteiger partial charge in [-0.3, -0.25) is 4.90 Å². The number of furan rings is 1. The van der Waals surface area contributed by atoms with Gasteiger partial charge in [-0.1, -0.05) is 121 Å². The molecule has 0 unspecified atom stereocenters. The van der Waals surface area contributed by atoms with Gasteiger partial charge in [-0.15, -0.1) is 0 Å². The smallest absolute Gasteiger partial charge is 0.153 e. The minimum atomic E-state index is 0.781. The van der Waals surface area contributed by atoms with Crippen molar-refractivity contribution in [3.63, 3.8) is 0 Å². The Balaban J connectivity index is 1.35. The van der Waals surface area contributed by atoms with Gasteiger partial charge in [-0.05, 0) is 68.4 Å². The van der Waals surface area contributed by atoms with Gasteiger partial charge >= 0.3 is 0 Å². The van der Waals surface area contributed by atoms with Crippen LogP contribution in [0.2, 0.25) is 0 Å². The van der Waals surface area contributed by atoms with E-state index < -0.39 is 0 Å². The minimum absolute atomic E-state index is 0.781. The lowest BCUT2D eigenvalue weighted by Crippen LogP contribution is -2.12. The molecule has 9 aromatic rings. The highest BCUT2D eigenvalue weighted by atomic mass is 16.3. The van der Waals surface area contributed by atoms with Crippen LogP contribution in [0.15, 0.2) is 162 Å². The second-order valence-corrected chi connectivity index (χ2v) is 11.2. The standard InChI is InChI=1S/C41H26N2O/c1-2-10-27(11-3-1)28-18-21-31(22-19-28)43(40-25-36-34-16-8-9-17-38(34)44-39(36)26-42-40)37-24-30-13-5-7-15-33(30)41-32-14-6-4-12-29(32)20-23-35(37)41/h1-26H. The lowest BCUT2D eigenvalue weighted by atomic mass is 9.94. The predicted octanol–water partition coefficient (Wildman–Crippen LogP) is 11.6. The Morgan fingerprint density at radius 3 is 1.93 bits per heavy atom. The van der Waals surface area contributed by atoms with Crippen LogP contribution in [0.5, 0.6) is 0 Å². The van der Waals surface area contributed by atoms with Crippen LogP contribution in [-0.2, 0) is 0 Å². The van der Waals surface area contributed by atoms with E-state index in [0.717, 1.165) is 39.1 Å². The number of anilines is 3. The first-order valence-corrected chi connectivity index (χ1v) is 14.9. The van der Waals surface area contributed by atoms with Crippen LogP contribution >= 0.6 is 0 Å². The normalized spacial score (nSPS) is 11.6. The summed E-state index contributed by atoms with van der Waals surface area (Å²) in [5.74, 6) is 0.834. The van der Waals surface area contributed by atoms with Gasteiger partial charge in [-0.2, -0.15) is 0 Å². The molecule has 0 fully saturated rings. The molecule has 0 bridgehead atoms. The fraction of sp³-hybridized carbons (Fsp3) is 0. The monoisotopic (exact) mass is 562 g/mol. The maximum atomic E-state index is 6.16. The third-order valence-electron chi connectivity index (χ3n) is 8.68. The van der Waals surface area contributed by atoms with Crippen LogP contribution < -0.4 is 4.90 Å². The Morgan fingerprint density at radius 1 is 0.455 bits per heavy atom. The zero-order valence-electron chi connectivity index (χ0n) is 23.8. The van der Waals surface area contributed by atoms with Gasteiger partial charge in [0.2, 0.25) is 0 Å². The summed E-state index contributed by atoms with van der Waals surface area (Å²) in [5.41, 5.74) is 6.13. The summed E-state index contributed by atoms with van der Waals surface area (Å²) in [7, 11) is 0. The number of hydrogen-bond donors (Lipinski definition) is 0. The second-order valence-electron chi connectivity index (χ2n) is 11.2.